The van der Waals surface area contributed by atoms with E-state index < -0.39 is 5.97 Å². The number of hydrogen-bond acceptors (Lipinski definition) is 4. The van der Waals surface area contributed by atoms with Crippen LogP contribution in [0.25, 0.3) is 0 Å². The van der Waals surface area contributed by atoms with Crippen LogP contribution in [-0.2, 0) is 17.6 Å². The van der Waals surface area contributed by atoms with E-state index >= 15 is 0 Å². The number of unbranched alkanes of at least 4 members (excludes halogenated alkanes) is 1. The summed E-state index contributed by atoms with van der Waals surface area (Å²) in [5.74, 6) is -0.599. The minimum absolute atomic E-state index is 0.0756. The van der Waals surface area contributed by atoms with E-state index in [0.29, 0.717) is 12.8 Å². The summed E-state index contributed by atoms with van der Waals surface area (Å²) in [6.45, 7) is 4.04. The summed E-state index contributed by atoms with van der Waals surface area (Å²) < 4.78 is 5.43. The largest absolute Gasteiger partial charge is 0.508 e. The van der Waals surface area contributed by atoms with Gasteiger partial charge in [0, 0.05) is 12.5 Å². The fraction of sp³-hybridized carbons (Fsp3) is 0.500. The topological polar surface area (TPSA) is 66.8 Å². The third-order valence-electron chi connectivity index (χ3n) is 4.09. The number of fused-ring (bicyclic) bond motifs is 1. The first-order chi connectivity index (χ1) is 10.6. The van der Waals surface area contributed by atoms with Gasteiger partial charge in [0.15, 0.2) is 0 Å². The van der Waals surface area contributed by atoms with Crippen LogP contribution in [0.1, 0.15) is 61.0 Å². The second-order valence-electron chi connectivity index (χ2n) is 5.73. The van der Waals surface area contributed by atoms with E-state index in [1.807, 2.05) is 19.1 Å². The molecule has 0 spiro atoms. The summed E-state index contributed by atoms with van der Waals surface area (Å²) in [6.07, 6.45) is 8.62. The summed E-state index contributed by atoms with van der Waals surface area (Å²) in [5, 5.41) is 20.1. The van der Waals surface area contributed by atoms with Crippen LogP contribution < -0.4 is 0 Å². The first-order valence-electron chi connectivity index (χ1n) is 7.97. The molecule has 22 heavy (non-hydrogen) atoms. The Kier molecular flexibility index (Phi) is 5.47. The quantitative estimate of drug-likeness (QED) is 0.618. The lowest BCUT2D eigenvalue weighted by molar-refractivity contribution is 0.0235. The molecule has 1 atom stereocenters. The van der Waals surface area contributed by atoms with Gasteiger partial charge in [-0.1, -0.05) is 25.5 Å². The average Bonchev–Trinajstić information content (AvgIpc) is 2.46. The molecule has 1 aromatic rings. The van der Waals surface area contributed by atoms with Gasteiger partial charge in [-0.2, -0.15) is 0 Å². The Morgan fingerprint density at radius 1 is 1.36 bits per heavy atom. The molecule has 1 aliphatic heterocycles. The molecule has 4 nitrogen and oxygen atoms in total. The maximum absolute atomic E-state index is 12.2. The second-order valence-corrected chi connectivity index (χ2v) is 5.73. The van der Waals surface area contributed by atoms with Crippen molar-refractivity contribution in [2.75, 3.05) is 0 Å². The molecule has 0 unspecified atom stereocenters. The number of rotatable bonds is 6. The molecule has 120 valence electrons. The van der Waals surface area contributed by atoms with Gasteiger partial charge in [0.2, 0.25) is 0 Å². The van der Waals surface area contributed by atoms with Crippen LogP contribution in [-0.4, -0.2) is 22.3 Å². The van der Waals surface area contributed by atoms with E-state index in [-0.39, 0.29) is 23.2 Å². The molecule has 1 heterocycles. The summed E-state index contributed by atoms with van der Waals surface area (Å²) in [7, 11) is 0. The molecule has 2 N–H and O–H groups in total. The van der Waals surface area contributed by atoms with Crippen LogP contribution in [0.15, 0.2) is 18.2 Å². The highest BCUT2D eigenvalue weighted by atomic mass is 16.5. The highest BCUT2D eigenvalue weighted by Gasteiger charge is 2.32. The SMILES string of the molecule is CC=CCC[C@@H]1Cc2c(CCCC)c(O)cc(O)c2C(=O)O1. The third kappa shape index (κ3) is 3.43. The van der Waals surface area contributed by atoms with Gasteiger partial charge in [-0.05, 0) is 43.7 Å². The summed E-state index contributed by atoms with van der Waals surface area (Å²) >= 11 is 0. The number of carbonyl (C=O) groups is 1. The molecule has 0 aromatic heterocycles. The standard InChI is InChI=1S/C18H24O4/c1-3-5-7-8-12-10-14-13(9-6-4-2)15(19)11-16(20)17(14)18(21)22-12/h3,5,11-12,19-20H,4,6-10H2,1-2H3/t12-/m1/s1. The van der Waals surface area contributed by atoms with Crippen LogP contribution in [0.3, 0.4) is 0 Å². The molecule has 1 aromatic carbocycles. The summed E-state index contributed by atoms with van der Waals surface area (Å²) in [4.78, 5) is 12.2. The lowest BCUT2D eigenvalue weighted by Crippen LogP contribution is -2.28. The Morgan fingerprint density at radius 3 is 2.82 bits per heavy atom. The van der Waals surface area contributed by atoms with Gasteiger partial charge < -0.3 is 14.9 Å². The maximum Gasteiger partial charge on any atom is 0.342 e. The van der Waals surface area contributed by atoms with Crippen molar-refractivity contribution in [2.24, 2.45) is 0 Å². The van der Waals surface area contributed by atoms with Crippen LogP contribution >= 0.6 is 0 Å². The fourth-order valence-electron chi connectivity index (χ4n) is 2.92. The molecule has 0 aliphatic carbocycles. The number of cyclic esters (lactones) is 1. The predicted octanol–water partition coefficient (Wildman–Crippen LogP) is 3.88. The van der Waals surface area contributed by atoms with Crippen LogP contribution in [0.4, 0.5) is 0 Å². The lowest BCUT2D eigenvalue weighted by Gasteiger charge is -2.27. The first kappa shape index (κ1) is 16.4. The third-order valence-corrected chi connectivity index (χ3v) is 4.09. The average molecular weight is 304 g/mol. The van der Waals surface area contributed by atoms with Crippen LogP contribution in [0.5, 0.6) is 11.5 Å². The molecule has 0 saturated carbocycles. The highest BCUT2D eigenvalue weighted by Crippen LogP contribution is 2.38. The minimum atomic E-state index is -0.484. The number of allylic oxidation sites excluding steroid dienone is 2. The monoisotopic (exact) mass is 304 g/mol. The van der Waals surface area contributed by atoms with Gasteiger partial charge in [0.25, 0.3) is 0 Å². The Bertz CT molecular complexity index is 575. The highest BCUT2D eigenvalue weighted by molar-refractivity contribution is 5.96. The Hall–Kier alpha value is -1.97. The van der Waals surface area contributed by atoms with Gasteiger partial charge in [0.1, 0.15) is 23.2 Å². The minimum Gasteiger partial charge on any atom is -0.508 e. The van der Waals surface area contributed by atoms with Gasteiger partial charge in [-0.25, -0.2) is 4.79 Å². The van der Waals surface area contributed by atoms with E-state index in [0.717, 1.165) is 36.8 Å². The van der Waals surface area contributed by atoms with Crippen molar-refractivity contribution in [3.8, 4) is 11.5 Å². The molecular weight excluding hydrogens is 280 g/mol. The number of esters is 1. The molecule has 0 amide bonds. The van der Waals surface area contributed by atoms with E-state index in [2.05, 4.69) is 6.92 Å². The van der Waals surface area contributed by atoms with Gasteiger partial charge >= 0.3 is 5.97 Å². The lowest BCUT2D eigenvalue weighted by atomic mass is 9.88. The van der Waals surface area contributed by atoms with Crippen LogP contribution in [0, 0.1) is 0 Å². The normalized spacial score (nSPS) is 17.5. The van der Waals surface area contributed by atoms with Crippen LogP contribution in [0.2, 0.25) is 0 Å². The molecule has 1 aliphatic rings. The number of carbonyl (C=O) groups excluding carboxylic acids is 1. The van der Waals surface area contributed by atoms with Crippen molar-refractivity contribution in [2.45, 2.75) is 58.5 Å². The molecule has 0 fully saturated rings. The fourth-order valence-corrected chi connectivity index (χ4v) is 2.92. The first-order valence-corrected chi connectivity index (χ1v) is 7.97. The number of aromatic hydroxyl groups is 2. The molecule has 0 radical (unpaired) electrons. The number of phenolic OH excluding ortho intramolecular Hbond substituents is 2. The van der Waals surface area contributed by atoms with Crippen molar-refractivity contribution in [3.05, 3.63) is 34.9 Å². The number of phenols is 2. The molecule has 2 rings (SSSR count). The van der Waals surface area contributed by atoms with Crippen molar-refractivity contribution < 1.29 is 19.7 Å². The molecule has 0 saturated heterocycles. The Balaban J connectivity index is 2.33. The van der Waals surface area contributed by atoms with Gasteiger partial charge in [-0.15, -0.1) is 0 Å². The van der Waals surface area contributed by atoms with Gasteiger partial charge in [-0.3, -0.25) is 0 Å². The molecular formula is C18H24O4. The van der Waals surface area contributed by atoms with Crippen molar-refractivity contribution >= 4 is 5.97 Å². The van der Waals surface area contributed by atoms with Crippen molar-refractivity contribution in [3.63, 3.8) is 0 Å². The molecule has 4 heteroatoms. The summed E-state index contributed by atoms with van der Waals surface area (Å²) in [6, 6.07) is 1.26. The predicted molar refractivity (Wildman–Crippen MR) is 85.3 cm³/mol. The Morgan fingerprint density at radius 2 is 2.14 bits per heavy atom. The molecule has 0 bridgehead atoms. The zero-order valence-electron chi connectivity index (χ0n) is 13.3. The zero-order valence-corrected chi connectivity index (χ0v) is 13.3. The number of ether oxygens (including phenoxy) is 1. The number of hydrogen-bond donors (Lipinski definition) is 2. The van der Waals surface area contributed by atoms with E-state index in [1.165, 1.54) is 6.07 Å². The zero-order chi connectivity index (χ0) is 16.1. The maximum atomic E-state index is 12.2. The summed E-state index contributed by atoms with van der Waals surface area (Å²) in [5.41, 5.74) is 1.76. The van der Waals surface area contributed by atoms with E-state index in [9.17, 15) is 15.0 Å². The van der Waals surface area contributed by atoms with E-state index in [1.54, 1.807) is 0 Å². The van der Waals surface area contributed by atoms with Gasteiger partial charge in [0.05, 0.1) is 0 Å². The van der Waals surface area contributed by atoms with E-state index in [4.69, 9.17) is 4.74 Å². The Labute approximate surface area is 131 Å². The van der Waals surface area contributed by atoms with Crippen molar-refractivity contribution in [1.29, 1.82) is 0 Å². The second kappa shape index (κ2) is 7.34. The smallest absolute Gasteiger partial charge is 0.342 e. The van der Waals surface area contributed by atoms with Crippen molar-refractivity contribution in [1.82, 2.24) is 0 Å². The number of benzene rings is 1.